The fourth-order valence-electron chi connectivity index (χ4n) is 4.51. The maximum absolute atomic E-state index is 13.2. The molecule has 0 saturated heterocycles. The number of nitro groups is 1. The first kappa shape index (κ1) is 22.3. The molecule has 1 saturated carbocycles. The molecule has 1 amide bonds. The van der Waals surface area contributed by atoms with Crippen molar-refractivity contribution in [2.45, 2.75) is 25.3 Å². The van der Waals surface area contributed by atoms with E-state index in [0.29, 0.717) is 11.5 Å². The van der Waals surface area contributed by atoms with Gasteiger partial charge in [-0.2, -0.15) is 5.10 Å². The summed E-state index contributed by atoms with van der Waals surface area (Å²) in [5, 5.41) is 16.9. The quantitative estimate of drug-likeness (QED) is 0.285. The summed E-state index contributed by atoms with van der Waals surface area (Å²) in [6.45, 7) is -0.570. The van der Waals surface area contributed by atoms with Gasteiger partial charge < -0.3 is 13.6 Å². The van der Waals surface area contributed by atoms with E-state index in [1.54, 1.807) is 30.7 Å². The number of carbonyl (C=O) groups is 2. The number of nitrogens with zero attached hydrogens (tertiary/aromatic N) is 3. The molecular formula is C25H21N3O7. The van der Waals surface area contributed by atoms with E-state index in [1.165, 1.54) is 23.2 Å². The average Bonchev–Trinajstić information content (AvgIpc) is 3.63. The van der Waals surface area contributed by atoms with Crippen molar-refractivity contribution in [3.63, 3.8) is 0 Å². The number of rotatable bonds is 6. The number of hydrogen-bond acceptors (Lipinski definition) is 8. The summed E-state index contributed by atoms with van der Waals surface area (Å²) in [6.07, 6.45) is 7.60. The third kappa shape index (κ3) is 4.50. The number of fused-ring (bicyclic) bond motifs is 1. The molecule has 2 atom stereocenters. The first-order valence-electron chi connectivity index (χ1n) is 11.1. The number of ether oxygens (including phenoxy) is 1. The van der Waals surface area contributed by atoms with Crippen molar-refractivity contribution in [3.8, 4) is 0 Å². The maximum atomic E-state index is 13.2. The van der Waals surface area contributed by atoms with Gasteiger partial charge in [0.15, 0.2) is 6.61 Å². The van der Waals surface area contributed by atoms with E-state index in [0.717, 1.165) is 36.6 Å². The standard InChI is InChI=1S/C25H21N3O7/c29-22(15-35-25(30)17-6-1-7-18(13-17)28(31)32)27-24(21-10-4-12-34-21)20-9-2-5-16(23(20)26-27)14-19-8-3-11-33-19/h1,3-4,6-8,10-14,20,24H,2,5,9,15H2/b16-14-. The molecule has 1 aliphatic carbocycles. The molecule has 0 spiro atoms. The fourth-order valence-corrected chi connectivity index (χ4v) is 4.51. The molecule has 0 bridgehead atoms. The van der Waals surface area contributed by atoms with E-state index in [1.807, 2.05) is 12.1 Å². The van der Waals surface area contributed by atoms with Crippen LogP contribution in [-0.2, 0) is 9.53 Å². The second-order valence-corrected chi connectivity index (χ2v) is 8.25. The first-order chi connectivity index (χ1) is 17.0. The number of esters is 1. The summed E-state index contributed by atoms with van der Waals surface area (Å²) in [7, 11) is 0. The molecule has 3 heterocycles. The predicted molar refractivity (Wildman–Crippen MR) is 123 cm³/mol. The molecule has 35 heavy (non-hydrogen) atoms. The number of carbonyl (C=O) groups excluding carboxylic acids is 2. The minimum Gasteiger partial charge on any atom is -0.467 e. The van der Waals surface area contributed by atoms with Crippen molar-refractivity contribution in [1.82, 2.24) is 5.01 Å². The third-order valence-corrected chi connectivity index (χ3v) is 6.07. The van der Waals surface area contributed by atoms with Crippen LogP contribution in [0.2, 0.25) is 0 Å². The molecule has 10 nitrogen and oxygen atoms in total. The van der Waals surface area contributed by atoms with Crippen LogP contribution in [0.5, 0.6) is 0 Å². The van der Waals surface area contributed by atoms with Crippen molar-refractivity contribution in [3.05, 3.63) is 93.8 Å². The maximum Gasteiger partial charge on any atom is 0.338 e. The number of furan rings is 2. The van der Waals surface area contributed by atoms with Crippen LogP contribution in [0.15, 0.2) is 80.6 Å². The van der Waals surface area contributed by atoms with E-state index in [2.05, 4.69) is 5.10 Å². The van der Waals surface area contributed by atoms with Crippen LogP contribution in [0.1, 0.15) is 47.2 Å². The fraction of sp³-hybridized carbons (Fsp3) is 0.240. The topological polar surface area (TPSA) is 128 Å². The van der Waals surface area contributed by atoms with Crippen LogP contribution < -0.4 is 0 Å². The van der Waals surface area contributed by atoms with Gasteiger partial charge in [0.2, 0.25) is 0 Å². The van der Waals surface area contributed by atoms with Gasteiger partial charge in [0.05, 0.1) is 28.7 Å². The van der Waals surface area contributed by atoms with Crippen LogP contribution in [0, 0.1) is 16.0 Å². The number of hydrazone groups is 1. The Morgan fingerprint density at radius 3 is 2.74 bits per heavy atom. The first-order valence-corrected chi connectivity index (χ1v) is 11.1. The molecule has 2 aliphatic rings. The summed E-state index contributed by atoms with van der Waals surface area (Å²) in [5.74, 6) is -0.142. The number of benzene rings is 1. The van der Waals surface area contributed by atoms with Crippen LogP contribution in [0.3, 0.4) is 0 Å². The zero-order valence-electron chi connectivity index (χ0n) is 18.5. The molecule has 0 N–H and O–H groups in total. The van der Waals surface area contributed by atoms with Gasteiger partial charge in [-0.25, -0.2) is 9.80 Å². The molecule has 0 radical (unpaired) electrons. The van der Waals surface area contributed by atoms with Crippen LogP contribution in [-0.4, -0.2) is 34.1 Å². The average molecular weight is 475 g/mol. The Kier molecular flexibility index (Phi) is 6.01. The highest BCUT2D eigenvalue weighted by Crippen LogP contribution is 2.44. The molecule has 10 heteroatoms. The molecule has 1 aromatic carbocycles. The predicted octanol–water partition coefficient (Wildman–Crippen LogP) is 4.76. The number of hydrogen-bond donors (Lipinski definition) is 0. The highest BCUT2D eigenvalue weighted by atomic mass is 16.6. The highest BCUT2D eigenvalue weighted by Gasteiger charge is 2.45. The Bertz CT molecular complexity index is 1310. The van der Waals surface area contributed by atoms with Crippen molar-refractivity contribution < 1.29 is 28.1 Å². The van der Waals surface area contributed by atoms with Gasteiger partial charge in [-0.15, -0.1) is 0 Å². The van der Waals surface area contributed by atoms with E-state index in [9.17, 15) is 19.7 Å². The molecule has 1 fully saturated rings. The molecule has 3 aromatic rings. The highest BCUT2D eigenvalue weighted by molar-refractivity contribution is 6.08. The SMILES string of the molecule is O=C(OCC(=O)N1N=C2/C(=C\c3ccco3)CCCC2C1c1ccco1)c1cccc([N+](=O)[O-])c1. The van der Waals surface area contributed by atoms with Gasteiger partial charge in [-0.3, -0.25) is 14.9 Å². The minimum atomic E-state index is -0.834. The van der Waals surface area contributed by atoms with Gasteiger partial charge in [0, 0.05) is 18.1 Å². The van der Waals surface area contributed by atoms with Crippen LogP contribution >= 0.6 is 0 Å². The number of amides is 1. The third-order valence-electron chi connectivity index (χ3n) is 6.07. The van der Waals surface area contributed by atoms with E-state index >= 15 is 0 Å². The lowest BCUT2D eigenvalue weighted by Crippen LogP contribution is -2.34. The van der Waals surface area contributed by atoms with Crippen molar-refractivity contribution in [2.24, 2.45) is 11.0 Å². The van der Waals surface area contributed by atoms with Gasteiger partial charge in [-0.05, 0) is 61.2 Å². The van der Waals surface area contributed by atoms with Crippen molar-refractivity contribution in [2.75, 3.05) is 6.61 Å². The largest absolute Gasteiger partial charge is 0.467 e. The number of non-ortho nitro benzene ring substituents is 1. The molecular weight excluding hydrogens is 454 g/mol. The molecule has 178 valence electrons. The Hall–Kier alpha value is -4.47. The Morgan fingerprint density at radius 2 is 2.00 bits per heavy atom. The number of allylic oxidation sites excluding steroid dienone is 1. The van der Waals surface area contributed by atoms with E-state index in [4.69, 9.17) is 13.6 Å². The number of nitro benzene ring substituents is 1. The van der Waals surface area contributed by atoms with Gasteiger partial charge in [0.25, 0.3) is 11.6 Å². The Labute approximate surface area is 199 Å². The Balaban J connectivity index is 1.38. The lowest BCUT2D eigenvalue weighted by Gasteiger charge is -2.27. The van der Waals surface area contributed by atoms with E-state index < -0.39 is 29.4 Å². The second kappa shape index (κ2) is 9.41. The lowest BCUT2D eigenvalue weighted by atomic mass is 9.79. The van der Waals surface area contributed by atoms with E-state index in [-0.39, 0.29) is 17.2 Å². The Morgan fingerprint density at radius 1 is 1.17 bits per heavy atom. The zero-order valence-corrected chi connectivity index (χ0v) is 18.5. The normalized spacial score (nSPS) is 20.4. The minimum absolute atomic E-state index is 0.0142. The smallest absolute Gasteiger partial charge is 0.338 e. The zero-order chi connectivity index (χ0) is 24.4. The molecule has 5 rings (SSSR count). The lowest BCUT2D eigenvalue weighted by molar-refractivity contribution is -0.384. The van der Waals surface area contributed by atoms with Gasteiger partial charge >= 0.3 is 5.97 Å². The second-order valence-electron chi connectivity index (χ2n) is 8.25. The summed E-state index contributed by atoms with van der Waals surface area (Å²) in [4.78, 5) is 36.0. The molecule has 2 unspecified atom stereocenters. The van der Waals surface area contributed by atoms with Crippen LogP contribution in [0.25, 0.3) is 6.08 Å². The van der Waals surface area contributed by atoms with Gasteiger partial charge in [-0.1, -0.05) is 6.07 Å². The van der Waals surface area contributed by atoms with Gasteiger partial charge in [0.1, 0.15) is 17.6 Å². The van der Waals surface area contributed by atoms with Crippen molar-refractivity contribution in [1.29, 1.82) is 0 Å². The monoisotopic (exact) mass is 475 g/mol. The molecule has 1 aliphatic heterocycles. The summed E-state index contributed by atoms with van der Waals surface area (Å²) in [5.41, 5.74) is 1.51. The summed E-state index contributed by atoms with van der Waals surface area (Å²) >= 11 is 0. The summed E-state index contributed by atoms with van der Waals surface area (Å²) < 4.78 is 16.3. The summed E-state index contributed by atoms with van der Waals surface area (Å²) in [6, 6.07) is 11.9. The van der Waals surface area contributed by atoms with Crippen molar-refractivity contribution >= 4 is 29.4 Å². The molecule has 2 aromatic heterocycles. The van der Waals surface area contributed by atoms with Crippen LogP contribution in [0.4, 0.5) is 5.69 Å².